The van der Waals surface area contributed by atoms with Gasteiger partial charge in [0.1, 0.15) is 12.4 Å². The first-order valence-corrected chi connectivity index (χ1v) is 7.21. The third-order valence-corrected chi connectivity index (χ3v) is 3.48. The first-order chi connectivity index (χ1) is 10.1. The molecule has 0 fully saturated rings. The van der Waals surface area contributed by atoms with Crippen LogP contribution in [0.15, 0.2) is 42.5 Å². The van der Waals surface area contributed by atoms with E-state index < -0.39 is 4.92 Å². The van der Waals surface area contributed by atoms with Crippen molar-refractivity contribution in [3.8, 4) is 11.8 Å². The van der Waals surface area contributed by atoms with E-state index in [4.69, 9.17) is 10.00 Å². The molecule has 0 amide bonds. The number of alkyl halides is 1. The van der Waals surface area contributed by atoms with Crippen LogP contribution in [0.3, 0.4) is 0 Å². The van der Waals surface area contributed by atoms with Gasteiger partial charge in [0.05, 0.1) is 16.6 Å². The highest BCUT2D eigenvalue weighted by molar-refractivity contribution is 9.08. The van der Waals surface area contributed by atoms with E-state index in [1.807, 2.05) is 12.1 Å². The number of nitrogens with zero attached hydrogens (tertiary/aromatic N) is 2. The lowest BCUT2D eigenvalue weighted by molar-refractivity contribution is -0.384. The van der Waals surface area contributed by atoms with Crippen molar-refractivity contribution in [3.63, 3.8) is 0 Å². The molecule has 6 heteroatoms. The van der Waals surface area contributed by atoms with Crippen LogP contribution in [0.2, 0.25) is 0 Å². The third kappa shape index (κ3) is 3.80. The summed E-state index contributed by atoms with van der Waals surface area (Å²) < 4.78 is 5.69. The van der Waals surface area contributed by atoms with Crippen molar-refractivity contribution < 1.29 is 9.66 Å². The van der Waals surface area contributed by atoms with Crippen LogP contribution in [0.25, 0.3) is 0 Å². The Balaban J connectivity index is 2.12. The Morgan fingerprint density at radius 2 is 1.95 bits per heavy atom. The molecule has 0 saturated carbocycles. The van der Waals surface area contributed by atoms with Gasteiger partial charge in [0.25, 0.3) is 5.69 Å². The molecule has 0 aromatic heterocycles. The molecule has 0 atom stereocenters. The SMILES string of the molecule is N#Cc1ccc(COc2ccc([N+](=O)[O-])cc2CBr)cc1. The van der Waals surface area contributed by atoms with Gasteiger partial charge < -0.3 is 4.74 Å². The first kappa shape index (κ1) is 15.0. The molecule has 0 radical (unpaired) electrons. The van der Waals surface area contributed by atoms with E-state index in [1.54, 1.807) is 18.2 Å². The number of hydrogen-bond acceptors (Lipinski definition) is 4. The Morgan fingerprint density at radius 3 is 2.52 bits per heavy atom. The fourth-order valence-electron chi connectivity index (χ4n) is 1.76. The van der Waals surface area contributed by atoms with E-state index >= 15 is 0 Å². The molecule has 0 aliphatic rings. The molecule has 0 unspecified atom stereocenters. The van der Waals surface area contributed by atoms with E-state index in [-0.39, 0.29) is 5.69 Å². The smallest absolute Gasteiger partial charge is 0.270 e. The average molecular weight is 347 g/mol. The maximum atomic E-state index is 10.7. The average Bonchev–Trinajstić information content (AvgIpc) is 2.53. The normalized spacial score (nSPS) is 9.90. The number of hydrogen-bond donors (Lipinski definition) is 0. The molecule has 2 rings (SSSR count). The zero-order valence-corrected chi connectivity index (χ0v) is 12.5. The van der Waals surface area contributed by atoms with Crippen molar-refractivity contribution in [2.45, 2.75) is 11.9 Å². The predicted octanol–water partition coefficient (Wildman–Crippen LogP) is 3.94. The number of rotatable bonds is 5. The van der Waals surface area contributed by atoms with Crippen molar-refractivity contribution in [1.82, 2.24) is 0 Å². The van der Waals surface area contributed by atoms with E-state index in [2.05, 4.69) is 22.0 Å². The van der Waals surface area contributed by atoms with Crippen molar-refractivity contribution >= 4 is 21.6 Å². The van der Waals surface area contributed by atoms with Gasteiger partial charge in [-0.3, -0.25) is 10.1 Å². The fourth-order valence-corrected chi connectivity index (χ4v) is 2.20. The van der Waals surface area contributed by atoms with E-state index in [0.29, 0.717) is 23.2 Å². The van der Waals surface area contributed by atoms with Crippen LogP contribution < -0.4 is 4.74 Å². The van der Waals surface area contributed by atoms with Crippen molar-refractivity contribution in [1.29, 1.82) is 5.26 Å². The monoisotopic (exact) mass is 346 g/mol. The number of non-ortho nitro benzene ring substituents is 1. The van der Waals surface area contributed by atoms with Gasteiger partial charge in [0.15, 0.2) is 0 Å². The van der Waals surface area contributed by atoms with E-state index in [0.717, 1.165) is 11.1 Å². The van der Waals surface area contributed by atoms with Crippen molar-refractivity contribution in [2.75, 3.05) is 0 Å². The first-order valence-electron chi connectivity index (χ1n) is 6.09. The minimum absolute atomic E-state index is 0.0372. The Morgan fingerprint density at radius 1 is 1.24 bits per heavy atom. The molecule has 106 valence electrons. The van der Waals surface area contributed by atoms with E-state index in [1.165, 1.54) is 12.1 Å². The van der Waals surface area contributed by atoms with Gasteiger partial charge in [-0.05, 0) is 23.8 Å². The molecule has 2 aromatic carbocycles. The lowest BCUT2D eigenvalue weighted by Gasteiger charge is -2.10. The molecule has 0 N–H and O–H groups in total. The van der Waals surface area contributed by atoms with Crippen molar-refractivity contribution in [3.05, 3.63) is 69.3 Å². The predicted molar refractivity (Wildman–Crippen MR) is 81.2 cm³/mol. The third-order valence-electron chi connectivity index (χ3n) is 2.88. The Labute approximate surface area is 130 Å². The van der Waals surface area contributed by atoms with Gasteiger partial charge in [-0.1, -0.05) is 28.1 Å². The summed E-state index contributed by atoms with van der Waals surface area (Å²) in [6, 6.07) is 13.6. The second kappa shape index (κ2) is 6.86. The van der Waals surface area contributed by atoms with Gasteiger partial charge in [0.2, 0.25) is 0 Å². The topological polar surface area (TPSA) is 76.2 Å². The number of nitriles is 1. The molecule has 2 aromatic rings. The van der Waals surface area contributed by atoms with Crippen molar-refractivity contribution in [2.24, 2.45) is 0 Å². The maximum absolute atomic E-state index is 10.7. The number of ether oxygens (including phenoxy) is 1. The summed E-state index contributed by atoms with van der Waals surface area (Å²) in [5.41, 5.74) is 2.27. The maximum Gasteiger partial charge on any atom is 0.270 e. The standard InChI is InChI=1S/C15H11BrN2O3/c16-8-13-7-14(18(19)20)5-6-15(13)21-10-12-3-1-11(9-17)2-4-12/h1-7H,8,10H2. The summed E-state index contributed by atoms with van der Waals surface area (Å²) in [5, 5.41) is 19.9. The summed E-state index contributed by atoms with van der Waals surface area (Å²) >= 11 is 3.30. The van der Waals surface area contributed by atoms with Gasteiger partial charge in [-0.2, -0.15) is 5.26 Å². The molecule has 0 aliphatic carbocycles. The molecule has 0 spiro atoms. The van der Waals surface area contributed by atoms with Gasteiger partial charge in [-0.15, -0.1) is 0 Å². The lowest BCUT2D eigenvalue weighted by atomic mass is 10.1. The zero-order valence-electron chi connectivity index (χ0n) is 11.0. The summed E-state index contributed by atoms with van der Waals surface area (Å²) in [6.07, 6.45) is 0. The van der Waals surface area contributed by atoms with Crippen LogP contribution in [0.1, 0.15) is 16.7 Å². The highest BCUT2D eigenvalue weighted by atomic mass is 79.9. The minimum Gasteiger partial charge on any atom is -0.489 e. The summed E-state index contributed by atoms with van der Waals surface area (Å²) in [7, 11) is 0. The number of nitro groups is 1. The minimum atomic E-state index is -0.434. The molecular weight excluding hydrogens is 336 g/mol. The molecule has 0 heterocycles. The lowest BCUT2D eigenvalue weighted by Crippen LogP contribution is -1.99. The highest BCUT2D eigenvalue weighted by Crippen LogP contribution is 2.26. The second-order valence-corrected chi connectivity index (χ2v) is 4.84. The summed E-state index contributed by atoms with van der Waals surface area (Å²) in [6.45, 7) is 0.337. The quantitative estimate of drug-likeness (QED) is 0.466. The molecule has 5 nitrogen and oxygen atoms in total. The number of nitro benzene ring substituents is 1. The largest absolute Gasteiger partial charge is 0.489 e. The molecule has 0 bridgehead atoms. The second-order valence-electron chi connectivity index (χ2n) is 4.28. The molecule has 0 saturated heterocycles. The Bertz CT molecular complexity index is 693. The molecule has 0 aliphatic heterocycles. The van der Waals surface area contributed by atoms with E-state index in [9.17, 15) is 10.1 Å². The van der Waals surface area contributed by atoms with Gasteiger partial charge >= 0.3 is 0 Å². The van der Waals surface area contributed by atoms with Crippen LogP contribution >= 0.6 is 15.9 Å². The van der Waals surface area contributed by atoms with Gasteiger partial charge in [0, 0.05) is 23.0 Å². The van der Waals surface area contributed by atoms with Crippen LogP contribution in [-0.2, 0) is 11.9 Å². The molecule has 21 heavy (non-hydrogen) atoms. The van der Waals surface area contributed by atoms with Crippen LogP contribution in [-0.4, -0.2) is 4.92 Å². The Hall–Kier alpha value is -2.39. The van der Waals surface area contributed by atoms with Gasteiger partial charge in [-0.25, -0.2) is 0 Å². The van der Waals surface area contributed by atoms with Crippen LogP contribution in [0, 0.1) is 21.4 Å². The Kier molecular flexibility index (Phi) is 4.90. The number of halogens is 1. The fraction of sp³-hybridized carbons (Fsp3) is 0.133. The molecular formula is C15H11BrN2O3. The summed E-state index contributed by atoms with van der Waals surface area (Å²) in [5.74, 6) is 0.599. The highest BCUT2D eigenvalue weighted by Gasteiger charge is 2.11. The van der Waals surface area contributed by atoms with Crippen LogP contribution in [0.4, 0.5) is 5.69 Å². The zero-order chi connectivity index (χ0) is 15.2. The number of benzene rings is 2. The van der Waals surface area contributed by atoms with Crippen LogP contribution in [0.5, 0.6) is 5.75 Å². The summed E-state index contributed by atoms with van der Waals surface area (Å²) in [4.78, 5) is 10.3.